The van der Waals surface area contributed by atoms with E-state index in [1.807, 2.05) is 18.2 Å². The number of nitrogens with zero attached hydrogens (tertiary/aromatic N) is 3. The second-order valence-corrected chi connectivity index (χ2v) is 10.7. The number of nitro groups is 2. The number of rotatable bonds is 6. The summed E-state index contributed by atoms with van der Waals surface area (Å²) < 4.78 is 0. The Hall–Kier alpha value is -4.35. The summed E-state index contributed by atoms with van der Waals surface area (Å²) in [5.41, 5.74) is 0.959. The van der Waals surface area contributed by atoms with Gasteiger partial charge in [-0.05, 0) is 23.3 Å². The lowest BCUT2D eigenvalue weighted by Crippen LogP contribution is -2.52. The number of nitrogens with one attached hydrogen (secondary N) is 1. The molecule has 39 heavy (non-hydrogen) atoms. The van der Waals surface area contributed by atoms with Gasteiger partial charge in [0, 0.05) is 59.1 Å². The Bertz CT molecular complexity index is 1570. The maximum Gasteiger partial charge on any atom is 0.270 e. The third-order valence-corrected chi connectivity index (χ3v) is 8.86. The maximum atomic E-state index is 14.2. The van der Waals surface area contributed by atoms with Crippen molar-refractivity contribution in [1.29, 1.82) is 0 Å². The Labute approximate surface area is 227 Å². The molecule has 3 heterocycles. The highest BCUT2D eigenvalue weighted by Gasteiger charge is 2.69. The fraction of sp³-hybridized carbons (Fsp3) is 0.214. The van der Waals surface area contributed by atoms with E-state index >= 15 is 0 Å². The van der Waals surface area contributed by atoms with Gasteiger partial charge in [0.05, 0.1) is 15.8 Å². The zero-order valence-electron chi connectivity index (χ0n) is 20.4. The average molecular weight is 543 g/mol. The number of carbonyl (C=O) groups excluding carboxylic acids is 2. The Morgan fingerprint density at radius 3 is 2.49 bits per heavy atom. The molecule has 3 aromatic rings. The number of carbonyl (C=O) groups is 2. The van der Waals surface area contributed by atoms with Crippen LogP contribution in [-0.2, 0) is 15.1 Å². The van der Waals surface area contributed by atoms with Gasteiger partial charge in [-0.15, -0.1) is 11.8 Å². The van der Waals surface area contributed by atoms with Crippen molar-refractivity contribution in [2.45, 2.75) is 17.5 Å². The standard InChI is InChI=1S/C28H22N4O6S/c33-24(12-11-17-5-3-7-19(13-17)31(35)36)26-25(18-6-4-8-20(14-18)32(37)38)23-15-39-16-30(23)28(26)21-9-1-2-10-22(21)29-27(28)34/h1-14,23,25-26H,15-16H2,(H,29,34)/b12-11+/t23-,25-,26+,28?/m1/s1. The molecule has 196 valence electrons. The zero-order valence-corrected chi connectivity index (χ0v) is 21.2. The van der Waals surface area contributed by atoms with Crippen molar-refractivity contribution in [1.82, 2.24) is 4.90 Å². The first kappa shape index (κ1) is 25.0. The summed E-state index contributed by atoms with van der Waals surface area (Å²) in [6.45, 7) is 0. The topological polar surface area (TPSA) is 136 Å². The number of anilines is 1. The van der Waals surface area contributed by atoms with E-state index in [1.165, 1.54) is 36.4 Å². The largest absolute Gasteiger partial charge is 0.324 e. The average Bonchev–Trinajstić information content (AvgIpc) is 3.60. The Kier molecular flexibility index (Phi) is 6.04. The van der Waals surface area contributed by atoms with Crippen molar-refractivity contribution >= 4 is 46.6 Å². The van der Waals surface area contributed by atoms with Crippen LogP contribution in [0.4, 0.5) is 17.1 Å². The van der Waals surface area contributed by atoms with Gasteiger partial charge in [0.25, 0.3) is 11.4 Å². The number of amides is 1. The van der Waals surface area contributed by atoms with Crippen LogP contribution in [0.5, 0.6) is 0 Å². The number of allylic oxidation sites excluding steroid dienone is 1. The van der Waals surface area contributed by atoms with Gasteiger partial charge in [-0.2, -0.15) is 0 Å². The molecule has 0 saturated carbocycles. The van der Waals surface area contributed by atoms with E-state index in [9.17, 15) is 29.8 Å². The normalized spacial score (nSPS) is 25.5. The van der Waals surface area contributed by atoms with Gasteiger partial charge in [-0.25, -0.2) is 0 Å². The molecule has 1 amide bonds. The molecule has 1 unspecified atom stereocenters. The van der Waals surface area contributed by atoms with Crippen molar-refractivity contribution in [3.05, 3.63) is 116 Å². The number of para-hydroxylation sites is 1. The fourth-order valence-corrected chi connectivity index (χ4v) is 7.63. The Morgan fingerprint density at radius 1 is 1.00 bits per heavy atom. The number of hydrogen-bond donors (Lipinski definition) is 1. The van der Waals surface area contributed by atoms with E-state index in [1.54, 1.807) is 42.1 Å². The third-order valence-electron chi connectivity index (χ3n) is 7.82. The predicted octanol–water partition coefficient (Wildman–Crippen LogP) is 4.72. The molecule has 10 nitrogen and oxygen atoms in total. The summed E-state index contributed by atoms with van der Waals surface area (Å²) in [7, 11) is 0. The highest BCUT2D eigenvalue weighted by Crippen LogP contribution is 2.61. The first-order chi connectivity index (χ1) is 18.8. The molecule has 1 N–H and O–H groups in total. The van der Waals surface area contributed by atoms with Crippen molar-refractivity contribution in [3.8, 4) is 0 Å². The molecule has 0 bridgehead atoms. The minimum atomic E-state index is -1.30. The second-order valence-electron chi connectivity index (χ2n) is 9.75. The van der Waals surface area contributed by atoms with Gasteiger partial charge in [0.1, 0.15) is 5.54 Å². The number of nitro benzene ring substituents is 2. The summed E-state index contributed by atoms with van der Waals surface area (Å²) >= 11 is 1.66. The molecule has 4 atom stereocenters. The van der Waals surface area contributed by atoms with Crippen LogP contribution in [0.25, 0.3) is 6.08 Å². The lowest BCUT2D eigenvalue weighted by Gasteiger charge is -2.36. The number of fused-ring (bicyclic) bond motifs is 4. The zero-order chi connectivity index (χ0) is 27.3. The molecule has 3 aliphatic heterocycles. The van der Waals surface area contributed by atoms with Crippen LogP contribution < -0.4 is 5.32 Å². The van der Waals surface area contributed by atoms with Crippen LogP contribution in [0.15, 0.2) is 78.9 Å². The van der Waals surface area contributed by atoms with Crippen LogP contribution >= 0.6 is 11.8 Å². The van der Waals surface area contributed by atoms with E-state index in [2.05, 4.69) is 10.2 Å². The van der Waals surface area contributed by atoms with Crippen LogP contribution in [0, 0.1) is 26.1 Å². The number of ketones is 1. The van der Waals surface area contributed by atoms with Crippen molar-refractivity contribution < 1.29 is 19.4 Å². The molecular weight excluding hydrogens is 520 g/mol. The van der Waals surface area contributed by atoms with E-state index in [4.69, 9.17) is 0 Å². The molecular formula is C28H22N4O6S. The first-order valence-corrected chi connectivity index (χ1v) is 13.4. The second kappa shape index (κ2) is 9.44. The molecule has 6 rings (SSSR count). The fourth-order valence-electron chi connectivity index (χ4n) is 6.30. The Balaban J connectivity index is 1.52. The summed E-state index contributed by atoms with van der Waals surface area (Å²) in [6.07, 6.45) is 2.89. The minimum absolute atomic E-state index is 0.0831. The lowest BCUT2D eigenvalue weighted by molar-refractivity contribution is -0.385. The molecule has 3 aromatic carbocycles. The first-order valence-electron chi connectivity index (χ1n) is 12.3. The van der Waals surface area contributed by atoms with Crippen LogP contribution in [0.2, 0.25) is 0 Å². The maximum absolute atomic E-state index is 14.2. The van der Waals surface area contributed by atoms with Gasteiger partial charge in [0.2, 0.25) is 5.91 Å². The molecule has 3 aliphatic rings. The highest BCUT2D eigenvalue weighted by atomic mass is 32.2. The third kappa shape index (κ3) is 3.84. The van der Waals surface area contributed by atoms with Crippen LogP contribution in [-0.4, -0.2) is 44.1 Å². The number of benzene rings is 3. The molecule has 0 aromatic heterocycles. The van der Waals surface area contributed by atoms with Crippen LogP contribution in [0.1, 0.15) is 22.6 Å². The molecule has 11 heteroatoms. The van der Waals surface area contributed by atoms with Gasteiger partial charge in [-0.3, -0.25) is 34.7 Å². The van der Waals surface area contributed by atoms with E-state index in [-0.39, 0.29) is 29.1 Å². The molecule has 2 fully saturated rings. The number of hydrogen-bond acceptors (Lipinski definition) is 8. The Morgan fingerprint density at radius 2 is 1.72 bits per heavy atom. The molecule has 2 saturated heterocycles. The predicted molar refractivity (Wildman–Crippen MR) is 146 cm³/mol. The summed E-state index contributed by atoms with van der Waals surface area (Å²) in [5.74, 6) is -0.836. The molecule has 0 aliphatic carbocycles. The molecule has 1 spiro atoms. The highest BCUT2D eigenvalue weighted by molar-refractivity contribution is 7.99. The SMILES string of the molecule is O=C(/C=C/c1cccc([N+](=O)[O-])c1)[C@H]1[C@H](c2cccc([N+](=O)[O-])c2)[C@H]2CSCN2C12C(=O)Nc1ccccc12. The van der Waals surface area contributed by atoms with Gasteiger partial charge < -0.3 is 5.32 Å². The van der Waals surface area contributed by atoms with Gasteiger partial charge >= 0.3 is 0 Å². The monoisotopic (exact) mass is 542 g/mol. The van der Waals surface area contributed by atoms with Crippen molar-refractivity contribution in [2.24, 2.45) is 5.92 Å². The van der Waals surface area contributed by atoms with E-state index in [0.717, 1.165) is 0 Å². The van der Waals surface area contributed by atoms with Crippen LogP contribution in [0.3, 0.4) is 0 Å². The van der Waals surface area contributed by atoms with E-state index < -0.39 is 27.2 Å². The van der Waals surface area contributed by atoms with Gasteiger partial charge in [-0.1, -0.05) is 48.5 Å². The van der Waals surface area contributed by atoms with Gasteiger partial charge in [0.15, 0.2) is 5.78 Å². The quantitative estimate of drug-likeness (QED) is 0.268. The number of thioether (sulfide) groups is 1. The molecule has 0 radical (unpaired) electrons. The smallest absolute Gasteiger partial charge is 0.270 e. The summed E-state index contributed by atoms with van der Waals surface area (Å²) in [4.78, 5) is 52.1. The lowest BCUT2D eigenvalue weighted by atomic mass is 9.70. The van der Waals surface area contributed by atoms with E-state index in [0.29, 0.717) is 34.0 Å². The van der Waals surface area contributed by atoms with Crippen molar-refractivity contribution in [3.63, 3.8) is 0 Å². The minimum Gasteiger partial charge on any atom is -0.324 e. The number of non-ortho nitro benzene ring substituents is 2. The summed E-state index contributed by atoms with van der Waals surface area (Å²) in [6, 6.07) is 19.3. The van der Waals surface area contributed by atoms with Crippen molar-refractivity contribution in [2.75, 3.05) is 16.9 Å². The summed E-state index contributed by atoms with van der Waals surface area (Å²) in [5, 5.41) is 25.8.